The highest BCUT2D eigenvalue weighted by Crippen LogP contribution is 2.32. The molecule has 0 aliphatic rings. The molecular formula is C21H19Br2ClN4O3. The van der Waals surface area contributed by atoms with Gasteiger partial charge in [-0.1, -0.05) is 48.3 Å². The number of primary amides is 1. The van der Waals surface area contributed by atoms with Crippen molar-refractivity contribution in [1.29, 1.82) is 0 Å². The van der Waals surface area contributed by atoms with Gasteiger partial charge in [-0.3, -0.25) is 9.59 Å². The Morgan fingerprint density at radius 3 is 2.65 bits per heavy atom. The number of aromatic nitrogens is 2. The standard InChI is InChI=1S/C21H19Br2ClN4O3/c1-21(2,3)20-27-16-5-4-12(22)7-14(16)19(30)28(20)26-9-11-6-13(24)8-15(23)18(11)31-10-17(25)29/h4-9H,10H2,1-3H3,(H2,25,29). The fraction of sp³-hybridized carbons (Fsp3) is 0.238. The Bertz CT molecular complexity index is 1270. The van der Waals surface area contributed by atoms with Crippen LogP contribution in [-0.2, 0) is 10.2 Å². The normalized spacial score (nSPS) is 11.9. The van der Waals surface area contributed by atoms with Gasteiger partial charge in [0.25, 0.3) is 11.5 Å². The van der Waals surface area contributed by atoms with Gasteiger partial charge in [-0.2, -0.15) is 9.78 Å². The maximum Gasteiger partial charge on any atom is 0.282 e. The van der Waals surface area contributed by atoms with E-state index in [2.05, 4.69) is 41.9 Å². The van der Waals surface area contributed by atoms with E-state index >= 15 is 0 Å². The van der Waals surface area contributed by atoms with E-state index in [0.717, 1.165) is 4.47 Å². The molecular weight excluding hydrogens is 552 g/mol. The number of nitrogens with zero attached hydrogens (tertiary/aromatic N) is 3. The molecule has 0 spiro atoms. The molecule has 162 valence electrons. The van der Waals surface area contributed by atoms with Crippen molar-refractivity contribution in [3.8, 4) is 5.75 Å². The second kappa shape index (κ2) is 9.10. The van der Waals surface area contributed by atoms with E-state index in [1.165, 1.54) is 10.9 Å². The van der Waals surface area contributed by atoms with Crippen molar-refractivity contribution in [3.63, 3.8) is 0 Å². The molecule has 0 aliphatic heterocycles. The second-order valence-electron chi connectivity index (χ2n) is 7.77. The van der Waals surface area contributed by atoms with E-state index < -0.39 is 11.3 Å². The molecule has 0 bridgehead atoms. The number of rotatable bonds is 5. The van der Waals surface area contributed by atoms with Crippen molar-refractivity contribution in [2.24, 2.45) is 10.8 Å². The number of halogens is 3. The highest BCUT2D eigenvalue weighted by molar-refractivity contribution is 9.10. The molecule has 3 aromatic rings. The number of hydrogen-bond acceptors (Lipinski definition) is 5. The molecule has 2 N–H and O–H groups in total. The van der Waals surface area contributed by atoms with Crippen molar-refractivity contribution in [2.75, 3.05) is 6.61 Å². The highest BCUT2D eigenvalue weighted by atomic mass is 79.9. The first kappa shape index (κ1) is 23.4. The van der Waals surface area contributed by atoms with Crippen LogP contribution in [0, 0.1) is 0 Å². The molecule has 1 amide bonds. The third kappa shape index (κ3) is 5.34. The Morgan fingerprint density at radius 2 is 2.00 bits per heavy atom. The summed E-state index contributed by atoms with van der Waals surface area (Å²) in [7, 11) is 0. The van der Waals surface area contributed by atoms with Crippen LogP contribution in [0.1, 0.15) is 32.2 Å². The molecule has 1 heterocycles. The molecule has 7 nitrogen and oxygen atoms in total. The number of fused-ring (bicyclic) bond motifs is 1. The number of hydrogen-bond donors (Lipinski definition) is 1. The van der Waals surface area contributed by atoms with Gasteiger partial charge >= 0.3 is 0 Å². The first-order chi connectivity index (χ1) is 14.5. The van der Waals surface area contributed by atoms with E-state index in [1.54, 1.807) is 24.3 Å². The lowest BCUT2D eigenvalue weighted by molar-refractivity contribution is -0.119. The lowest BCUT2D eigenvalue weighted by Gasteiger charge is -2.21. The van der Waals surface area contributed by atoms with Crippen LogP contribution in [0.3, 0.4) is 0 Å². The van der Waals surface area contributed by atoms with Crippen molar-refractivity contribution < 1.29 is 9.53 Å². The van der Waals surface area contributed by atoms with Crippen LogP contribution < -0.4 is 16.0 Å². The lowest BCUT2D eigenvalue weighted by Crippen LogP contribution is -2.29. The summed E-state index contributed by atoms with van der Waals surface area (Å²) < 4.78 is 8.05. The number of ether oxygens (including phenoxy) is 1. The quantitative estimate of drug-likeness (QED) is 0.453. The van der Waals surface area contributed by atoms with Gasteiger partial charge < -0.3 is 10.5 Å². The van der Waals surface area contributed by atoms with Crippen molar-refractivity contribution >= 4 is 66.5 Å². The number of carbonyl (C=O) groups excluding carboxylic acids is 1. The molecule has 10 heteroatoms. The summed E-state index contributed by atoms with van der Waals surface area (Å²) >= 11 is 12.9. The maximum absolute atomic E-state index is 13.3. The highest BCUT2D eigenvalue weighted by Gasteiger charge is 2.23. The molecule has 0 unspecified atom stereocenters. The summed E-state index contributed by atoms with van der Waals surface area (Å²) in [6.07, 6.45) is 1.44. The van der Waals surface area contributed by atoms with Crippen LogP contribution in [0.2, 0.25) is 5.02 Å². The van der Waals surface area contributed by atoms with Gasteiger partial charge in [0.05, 0.1) is 21.6 Å². The van der Waals surface area contributed by atoms with Gasteiger partial charge in [0.1, 0.15) is 11.6 Å². The van der Waals surface area contributed by atoms with Crippen LogP contribution in [-0.4, -0.2) is 28.4 Å². The molecule has 0 atom stereocenters. The molecule has 0 radical (unpaired) electrons. The Morgan fingerprint density at radius 1 is 1.29 bits per heavy atom. The van der Waals surface area contributed by atoms with Crippen molar-refractivity contribution in [3.05, 3.63) is 66.0 Å². The molecule has 3 rings (SSSR count). The number of carbonyl (C=O) groups is 1. The topological polar surface area (TPSA) is 99.6 Å². The average molecular weight is 571 g/mol. The monoisotopic (exact) mass is 568 g/mol. The van der Waals surface area contributed by atoms with Gasteiger partial charge in [-0.25, -0.2) is 4.98 Å². The van der Waals surface area contributed by atoms with Crippen LogP contribution in [0.15, 0.2) is 49.2 Å². The summed E-state index contributed by atoms with van der Waals surface area (Å²) in [6.45, 7) is 5.52. The molecule has 1 aromatic heterocycles. The Balaban J connectivity index is 2.21. The van der Waals surface area contributed by atoms with E-state index in [1.807, 2.05) is 26.8 Å². The summed E-state index contributed by atoms with van der Waals surface area (Å²) in [5, 5.41) is 5.27. The summed E-state index contributed by atoms with van der Waals surface area (Å²) in [4.78, 5) is 29.1. The van der Waals surface area contributed by atoms with Crippen molar-refractivity contribution in [1.82, 2.24) is 9.66 Å². The molecule has 2 aromatic carbocycles. The summed E-state index contributed by atoms with van der Waals surface area (Å²) in [6, 6.07) is 8.56. The second-order valence-corrected chi connectivity index (χ2v) is 9.98. The van der Waals surface area contributed by atoms with Gasteiger partial charge in [0.15, 0.2) is 6.61 Å². The zero-order valence-corrected chi connectivity index (χ0v) is 20.9. The average Bonchev–Trinajstić information content (AvgIpc) is 2.65. The molecule has 0 fully saturated rings. The lowest BCUT2D eigenvalue weighted by atomic mass is 9.95. The Labute approximate surface area is 200 Å². The van der Waals surface area contributed by atoms with E-state index in [-0.39, 0.29) is 12.2 Å². The maximum atomic E-state index is 13.3. The smallest absolute Gasteiger partial charge is 0.282 e. The summed E-state index contributed by atoms with van der Waals surface area (Å²) in [5.41, 5.74) is 5.46. The zero-order valence-electron chi connectivity index (χ0n) is 16.9. The number of benzene rings is 2. The molecule has 0 aliphatic carbocycles. The predicted octanol–water partition coefficient (Wildman–Crippen LogP) is 4.62. The zero-order chi connectivity index (χ0) is 22.9. The van der Waals surface area contributed by atoms with Gasteiger partial charge in [-0.05, 0) is 46.3 Å². The Kier molecular flexibility index (Phi) is 6.88. The molecule has 0 saturated carbocycles. The Hall–Kier alpha value is -2.23. The first-order valence-electron chi connectivity index (χ1n) is 9.14. The minimum absolute atomic E-state index is 0.312. The molecule has 31 heavy (non-hydrogen) atoms. The largest absolute Gasteiger partial charge is 0.482 e. The SMILES string of the molecule is CC(C)(C)c1nc2ccc(Br)cc2c(=O)n1N=Cc1cc(Cl)cc(Br)c1OCC(N)=O. The van der Waals surface area contributed by atoms with E-state index in [4.69, 9.17) is 22.1 Å². The van der Waals surface area contributed by atoms with Gasteiger partial charge in [0, 0.05) is 20.5 Å². The minimum Gasteiger partial charge on any atom is -0.482 e. The van der Waals surface area contributed by atoms with Crippen LogP contribution >= 0.6 is 43.5 Å². The summed E-state index contributed by atoms with van der Waals surface area (Å²) in [5.74, 6) is 0.193. The minimum atomic E-state index is -0.625. The van der Waals surface area contributed by atoms with Crippen LogP contribution in [0.4, 0.5) is 0 Å². The fourth-order valence-electron chi connectivity index (χ4n) is 2.83. The van der Waals surface area contributed by atoms with Gasteiger partial charge in [-0.15, -0.1) is 0 Å². The van der Waals surface area contributed by atoms with Gasteiger partial charge in [0.2, 0.25) is 0 Å². The number of amides is 1. The predicted molar refractivity (Wildman–Crippen MR) is 129 cm³/mol. The first-order valence-corrected chi connectivity index (χ1v) is 11.1. The van der Waals surface area contributed by atoms with E-state index in [0.29, 0.717) is 37.5 Å². The van der Waals surface area contributed by atoms with Crippen LogP contribution in [0.25, 0.3) is 10.9 Å². The fourth-order valence-corrected chi connectivity index (χ4v) is 4.14. The molecule has 0 saturated heterocycles. The van der Waals surface area contributed by atoms with E-state index in [9.17, 15) is 9.59 Å². The third-order valence-corrected chi connectivity index (χ3v) is 5.49. The third-order valence-electron chi connectivity index (χ3n) is 4.19. The number of nitrogens with two attached hydrogens (primary N) is 1. The van der Waals surface area contributed by atoms with Crippen LogP contribution in [0.5, 0.6) is 5.75 Å². The van der Waals surface area contributed by atoms with Crippen molar-refractivity contribution in [2.45, 2.75) is 26.2 Å².